The largest absolute Gasteiger partial charge is 0.257 e. The monoisotopic (exact) mass is 505 g/mol. The first-order valence-corrected chi connectivity index (χ1v) is 13.8. The molecule has 0 spiro atoms. The van der Waals surface area contributed by atoms with Crippen molar-refractivity contribution in [2.45, 2.75) is 11.7 Å². The van der Waals surface area contributed by atoms with Crippen LogP contribution in [-0.2, 0) is 6.17 Å². The summed E-state index contributed by atoms with van der Waals surface area (Å²) in [6, 6.07) is 33.4. The van der Waals surface area contributed by atoms with E-state index in [1.54, 1.807) is 36.6 Å². The molecule has 0 aliphatic heterocycles. The summed E-state index contributed by atoms with van der Waals surface area (Å²) in [4.78, 5) is 3.94. The maximum Gasteiger partial charge on any atom is 0.137 e. The third-order valence-electron chi connectivity index (χ3n) is 5.99. The summed E-state index contributed by atoms with van der Waals surface area (Å²) < 4.78 is 28.1. The molecule has 2 radical (unpaired) electrons. The lowest BCUT2D eigenvalue weighted by atomic mass is 9.92. The molecule has 0 aliphatic carbocycles. The second-order valence-electron chi connectivity index (χ2n) is 8.42. The summed E-state index contributed by atoms with van der Waals surface area (Å²) in [6.07, 6.45) is 4.03. The number of nitrogens with zero attached hydrogens (tertiary/aromatic N) is 3. The number of hydrogen-bond acceptors (Lipinski definition) is 2. The van der Waals surface area contributed by atoms with Gasteiger partial charge in [0.05, 0.1) is 9.52 Å². The molecule has 4 aromatic carbocycles. The average molecular weight is 505 g/mol. The number of benzene rings is 4. The van der Waals surface area contributed by atoms with Crippen molar-refractivity contribution in [2.75, 3.05) is 0 Å². The molecule has 1 aromatic heterocycles. The van der Waals surface area contributed by atoms with Crippen molar-refractivity contribution < 1.29 is 8.78 Å². The van der Waals surface area contributed by atoms with Crippen LogP contribution in [0.1, 0.15) is 27.8 Å². The van der Waals surface area contributed by atoms with E-state index in [-0.39, 0.29) is 17.2 Å². The van der Waals surface area contributed by atoms with Crippen molar-refractivity contribution >= 4 is 22.9 Å². The molecule has 0 atom stereocenters. The van der Waals surface area contributed by atoms with E-state index in [2.05, 4.69) is 34.3 Å². The fourth-order valence-electron chi connectivity index (χ4n) is 4.12. The summed E-state index contributed by atoms with van der Waals surface area (Å²) in [5.74, 6) is 1.16. The molecule has 0 bridgehead atoms. The molecule has 5 aromatic rings. The van der Waals surface area contributed by atoms with Crippen LogP contribution < -0.4 is 0 Å². The summed E-state index contributed by atoms with van der Waals surface area (Å²) in [5.41, 5.74) is 5.65. The van der Waals surface area contributed by atoms with Gasteiger partial charge in [0.1, 0.15) is 32.1 Å². The van der Waals surface area contributed by atoms with Crippen LogP contribution in [0.25, 0.3) is 5.57 Å². The van der Waals surface area contributed by atoms with E-state index < -0.39 is 9.52 Å². The van der Waals surface area contributed by atoms with Crippen molar-refractivity contribution in [3.8, 4) is 0 Å². The van der Waals surface area contributed by atoms with Crippen molar-refractivity contribution in [3.63, 3.8) is 0 Å². The molecule has 7 heteroatoms. The van der Waals surface area contributed by atoms with Crippen molar-refractivity contribution in [3.05, 3.63) is 162 Å². The van der Waals surface area contributed by atoms with E-state index in [0.717, 1.165) is 34.0 Å². The minimum atomic E-state index is -0.649. The van der Waals surface area contributed by atoms with Crippen molar-refractivity contribution in [2.24, 2.45) is 0 Å². The first-order chi connectivity index (χ1) is 18.1. The highest BCUT2D eigenvalue weighted by Crippen LogP contribution is 2.25. The number of aromatic nitrogens is 3. The summed E-state index contributed by atoms with van der Waals surface area (Å²) in [5, 5.41) is 4.12. The van der Waals surface area contributed by atoms with Gasteiger partial charge < -0.3 is 0 Å². The Morgan fingerprint density at radius 2 is 1.24 bits per heavy atom. The standard InChI is InChI=1S/C16H15F2N3Si.C14H11B/c17-14-5-1-12(2-6-14)16(13-3-7-15(18)8-4-13)22-11-21-10-19-9-20-21;15-11-14(12-7-3-1-4-8-12)13-9-5-2-6-10-13/h1-10,16H,11,22H2;1-11H. The first-order valence-electron chi connectivity index (χ1n) is 12.0. The Morgan fingerprint density at radius 1 is 0.757 bits per heavy atom. The Hall–Kier alpha value is -4.10. The lowest BCUT2D eigenvalue weighted by Crippen LogP contribution is -2.17. The van der Waals surface area contributed by atoms with E-state index in [4.69, 9.17) is 7.85 Å². The van der Waals surface area contributed by atoms with Crippen LogP contribution in [-0.4, -0.2) is 32.1 Å². The van der Waals surface area contributed by atoms with Crippen LogP contribution in [0.4, 0.5) is 8.78 Å². The molecular formula is C30H26BF2N3Si. The van der Waals surface area contributed by atoms with Crippen molar-refractivity contribution in [1.29, 1.82) is 0 Å². The van der Waals surface area contributed by atoms with Crippen LogP contribution in [0.5, 0.6) is 0 Å². The fourth-order valence-corrected chi connectivity index (χ4v) is 6.08. The van der Waals surface area contributed by atoms with Crippen molar-refractivity contribution in [1.82, 2.24) is 14.8 Å². The van der Waals surface area contributed by atoms with Gasteiger partial charge in [-0.2, -0.15) is 5.10 Å². The van der Waals surface area contributed by atoms with Gasteiger partial charge in [-0.15, -0.1) is 5.98 Å². The van der Waals surface area contributed by atoms with E-state index in [0.29, 0.717) is 0 Å². The molecule has 5 rings (SSSR count). The van der Waals surface area contributed by atoms with E-state index in [9.17, 15) is 8.78 Å². The summed E-state index contributed by atoms with van der Waals surface area (Å²) in [7, 11) is 5.03. The lowest BCUT2D eigenvalue weighted by molar-refractivity contribution is 0.626. The number of halogens is 2. The molecule has 0 saturated heterocycles. The Bertz CT molecular complexity index is 1290. The molecule has 37 heavy (non-hydrogen) atoms. The SMILES string of the molecule is Fc1ccc(C([SiH2]Cn2cncn2)c2ccc(F)cc2)cc1.[B]C=C(c1ccccc1)c1ccccc1. The van der Waals surface area contributed by atoms with Gasteiger partial charge in [-0.05, 0) is 57.6 Å². The van der Waals surface area contributed by atoms with Gasteiger partial charge in [0.2, 0.25) is 0 Å². The Labute approximate surface area is 219 Å². The minimum absolute atomic E-state index is 0.186. The van der Waals surface area contributed by atoms with Gasteiger partial charge in [-0.3, -0.25) is 4.68 Å². The Morgan fingerprint density at radius 3 is 1.65 bits per heavy atom. The van der Waals surface area contributed by atoms with Gasteiger partial charge in [0.25, 0.3) is 0 Å². The van der Waals surface area contributed by atoms with E-state index >= 15 is 0 Å². The number of hydrogen-bond donors (Lipinski definition) is 0. The minimum Gasteiger partial charge on any atom is -0.257 e. The maximum atomic E-state index is 13.2. The highest BCUT2D eigenvalue weighted by molar-refractivity contribution is 6.37. The smallest absolute Gasteiger partial charge is 0.137 e. The third-order valence-corrected chi connectivity index (χ3v) is 8.23. The third kappa shape index (κ3) is 7.44. The van der Waals surface area contributed by atoms with Gasteiger partial charge in [-0.1, -0.05) is 84.9 Å². The van der Waals surface area contributed by atoms with Gasteiger partial charge in [0.15, 0.2) is 0 Å². The molecule has 0 amide bonds. The molecule has 0 unspecified atom stereocenters. The van der Waals surface area contributed by atoms with E-state index in [1.807, 2.05) is 41.1 Å². The van der Waals surface area contributed by atoms with Crippen LogP contribution >= 0.6 is 0 Å². The molecule has 0 N–H and O–H groups in total. The highest BCUT2D eigenvalue weighted by Gasteiger charge is 2.15. The zero-order chi connectivity index (χ0) is 25.9. The lowest BCUT2D eigenvalue weighted by Gasteiger charge is -2.17. The topological polar surface area (TPSA) is 30.7 Å². The predicted molar refractivity (Wildman–Crippen MR) is 149 cm³/mol. The van der Waals surface area contributed by atoms with Gasteiger partial charge in [-0.25, -0.2) is 13.8 Å². The number of rotatable bonds is 7. The first kappa shape index (κ1) is 26.0. The van der Waals surface area contributed by atoms with Crippen LogP contribution in [0.2, 0.25) is 0 Å². The zero-order valence-electron chi connectivity index (χ0n) is 20.3. The molecule has 0 saturated carbocycles. The molecular weight excluding hydrogens is 479 g/mol. The molecule has 1 heterocycles. The Balaban J connectivity index is 0.000000186. The highest BCUT2D eigenvalue weighted by atomic mass is 28.2. The maximum absolute atomic E-state index is 13.2. The summed E-state index contributed by atoms with van der Waals surface area (Å²) in [6.45, 7) is 0. The van der Waals surface area contributed by atoms with E-state index in [1.165, 1.54) is 30.6 Å². The summed E-state index contributed by atoms with van der Waals surface area (Å²) >= 11 is 0. The average Bonchev–Trinajstić information content (AvgIpc) is 3.47. The van der Waals surface area contributed by atoms with Crippen LogP contribution in [0, 0.1) is 11.6 Å². The molecule has 0 fully saturated rings. The Kier molecular flexibility index (Phi) is 9.32. The van der Waals surface area contributed by atoms with Gasteiger partial charge in [0, 0.05) is 6.17 Å². The van der Waals surface area contributed by atoms with Gasteiger partial charge >= 0.3 is 0 Å². The van der Waals surface area contributed by atoms with Crippen LogP contribution in [0.3, 0.4) is 0 Å². The quantitative estimate of drug-likeness (QED) is 0.265. The molecule has 3 nitrogen and oxygen atoms in total. The second-order valence-corrected chi connectivity index (χ2v) is 10.3. The molecule has 0 aliphatic rings. The normalized spacial score (nSPS) is 10.8. The molecule has 182 valence electrons. The zero-order valence-corrected chi connectivity index (χ0v) is 21.7. The second kappa shape index (κ2) is 13.3. The van der Waals surface area contributed by atoms with Crippen LogP contribution in [0.15, 0.2) is 128 Å². The predicted octanol–water partition coefficient (Wildman–Crippen LogP) is 5.72. The fraction of sp³-hybridized carbons (Fsp3) is 0.0667.